The summed E-state index contributed by atoms with van der Waals surface area (Å²) < 4.78 is 1.79. The summed E-state index contributed by atoms with van der Waals surface area (Å²) in [4.78, 5) is 11.2. The van der Waals surface area contributed by atoms with Gasteiger partial charge in [0.2, 0.25) is 0 Å². The molecule has 1 unspecified atom stereocenters. The van der Waals surface area contributed by atoms with Crippen LogP contribution < -0.4 is 5.32 Å². The third kappa shape index (κ3) is 2.24. The molecule has 0 bridgehead atoms. The molecule has 0 spiro atoms. The lowest BCUT2D eigenvalue weighted by molar-refractivity contribution is -0.145. The van der Waals surface area contributed by atoms with Crippen molar-refractivity contribution in [3.63, 3.8) is 0 Å². The third-order valence-electron chi connectivity index (χ3n) is 3.23. The van der Waals surface area contributed by atoms with Gasteiger partial charge in [0.05, 0.1) is 6.54 Å². The number of hydrogen-bond acceptors (Lipinski definition) is 3. The van der Waals surface area contributed by atoms with Crippen LogP contribution in [0.3, 0.4) is 0 Å². The predicted molar refractivity (Wildman–Crippen MR) is 59.0 cm³/mol. The maximum absolute atomic E-state index is 11.2. The molecular formula is C11H17N3O2. The maximum Gasteiger partial charge on any atom is 0.323 e. The number of carboxylic acid groups (broad SMARTS) is 1. The molecule has 2 N–H and O–H groups in total. The number of nitrogens with one attached hydrogen (secondary N) is 1. The smallest absolute Gasteiger partial charge is 0.323 e. The molecule has 0 aliphatic heterocycles. The van der Waals surface area contributed by atoms with Gasteiger partial charge < -0.3 is 10.4 Å². The van der Waals surface area contributed by atoms with E-state index in [1.165, 1.54) is 0 Å². The molecule has 0 saturated heterocycles. The van der Waals surface area contributed by atoms with Crippen LogP contribution in [0.15, 0.2) is 18.5 Å². The molecule has 0 amide bonds. The topological polar surface area (TPSA) is 67.2 Å². The quantitative estimate of drug-likeness (QED) is 0.746. The van der Waals surface area contributed by atoms with Gasteiger partial charge in [-0.05, 0) is 31.7 Å². The van der Waals surface area contributed by atoms with Gasteiger partial charge in [0.1, 0.15) is 5.54 Å². The van der Waals surface area contributed by atoms with Crippen LogP contribution in [-0.4, -0.2) is 32.9 Å². The van der Waals surface area contributed by atoms with Crippen molar-refractivity contribution in [1.82, 2.24) is 15.1 Å². The fourth-order valence-corrected chi connectivity index (χ4v) is 1.92. The first-order valence-corrected chi connectivity index (χ1v) is 5.59. The molecule has 1 fully saturated rings. The Hall–Kier alpha value is -1.36. The van der Waals surface area contributed by atoms with Gasteiger partial charge >= 0.3 is 5.97 Å². The van der Waals surface area contributed by atoms with Crippen molar-refractivity contribution in [2.24, 2.45) is 5.92 Å². The van der Waals surface area contributed by atoms with Crippen LogP contribution in [0.25, 0.3) is 0 Å². The molecule has 1 aromatic rings. The molecule has 0 aromatic carbocycles. The monoisotopic (exact) mass is 223 g/mol. The van der Waals surface area contributed by atoms with E-state index in [0.29, 0.717) is 13.1 Å². The Labute approximate surface area is 94.5 Å². The van der Waals surface area contributed by atoms with Crippen molar-refractivity contribution in [3.05, 3.63) is 18.5 Å². The van der Waals surface area contributed by atoms with E-state index < -0.39 is 11.5 Å². The fourth-order valence-electron chi connectivity index (χ4n) is 1.92. The number of aromatic nitrogens is 2. The van der Waals surface area contributed by atoms with Gasteiger partial charge in [-0.15, -0.1) is 0 Å². The normalized spacial score (nSPS) is 19.3. The molecule has 16 heavy (non-hydrogen) atoms. The van der Waals surface area contributed by atoms with Crippen LogP contribution in [0, 0.1) is 5.92 Å². The molecular weight excluding hydrogens is 206 g/mol. The molecule has 2 rings (SSSR count). The zero-order chi connectivity index (χ0) is 11.6. The molecule has 1 aromatic heterocycles. The van der Waals surface area contributed by atoms with E-state index in [9.17, 15) is 9.90 Å². The number of nitrogens with zero attached hydrogens (tertiary/aromatic N) is 2. The average Bonchev–Trinajstić information content (AvgIpc) is 2.98. The lowest BCUT2D eigenvalue weighted by Crippen LogP contribution is -2.52. The summed E-state index contributed by atoms with van der Waals surface area (Å²) in [6, 6.07) is 1.86. The average molecular weight is 223 g/mol. The zero-order valence-electron chi connectivity index (χ0n) is 9.39. The van der Waals surface area contributed by atoms with E-state index in [1.54, 1.807) is 17.8 Å². The Morgan fingerprint density at radius 3 is 2.94 bits per heavy atom. The molecule has 0 radical (unpaired) electrons. The Balaban J connectivity index is 1.85. The van der Waals surface area contributed by atoms with Crippen LogP contribution in [0.1, 0.15) is 19.8 Å². The second-order valence-electron chi connectivity index (χ2n) is 4.48. The number of carbonyl (C=O) groups is 1. The van der Waals surface area contributed by atoms with E-state index >= 15 is 0 Å². The van der Waals surface area contributed by atoms with E-state index in [4.69, 9.17) is 0 Å². The highest BCUT2D eigenvalue weighted by atomic mass is 16.4. The molecule has 1 heterocycles. The minimum atomic E-state index is -0.771. The lowest BCUT2D eigenvalue weighted by atomic mass is 9.96. The van der Waals surface area contributed by atoms with Crippen LogP contribution in [0.2, 0.25) is 0 Å². The first-order valence-electron chi connectivity index (χ1n) is 5.59. The molecule has 1 aliphatic rings. The van der Waals surface area contributed by atoms with Gasteiger partial charge in [-0.1, -0.05) is 0 Å². The predicted octanol–water partition coefficient (Wildman–Crippen LogP) is 0.726. The van der Waals surface area contributed by atoms with Crippen LogP contribution in [0.4, 0.5) is 0 Å². The second kappa shape index (κ2) is 4.25. The molecule has 88 valence electrons. The number of carboxylic acids is 1. The minimum absolute atomic E-state index is 0.280. The van der Waals surface area contributed by atoms with Gasteiger partial charge in [0.15, 0.2) is 0 Å². The van der Waals surface area contributed by atoms with Crippen LogP contribution in [-0.2, 0) is 11.3 Å². The second-order valence-corrected chi connectivity index (χ2v) is 4.48. The molecule has 1 saturated carbocycles. The SMILES string of the molecule is CC(NCCn1cccn1)(C(=O)O)C1CC1. The van der Waals surface area contributed by atoms with Gasteiger partial charge in [-0.25, -0.2) is 0 Å². The highest BCUT2D eigenvalue weighted by Gasteiger charge is 2.46. The van der Waals surface area contributed by atoms with Crippen molar-refractivity contribution in [1.29, 1.82) is 0 Å². The summed E-state index contributed by atoms with van der Waals surface area (Å²) in [7, 11) is 0. The van der Waals surface area contributed by atoms with E-state index in [0.717, 1.165) is 12.8 Å². The van der Waals surface area contributed by atoms with Gasteiger partial charge in [0.25, 0.3) is 0 Å². The molecule has 5 nitrogen and oxygen atoms in total. The largest absolute Gasteiger partial charge is 0.480 e. The van der Waals surface area contributed by atoms with Crippen molar-refractivity contribution < 1.29 is 9.90 Å². The summed E-state index contributed by atoms with van der Waals surface area (Å²) >= 11 is 0. The van der Waals surface area contributed by atoms with Gasteiger partial charge in [-0.2, -0.15) is 5.10 Å². The van der Waals surface area contributed by atoms with Crippen molar-refractivity contribution >= 4 is 5.97 Å². The lowest BCUT2D eigenvalue weighted by Gasteiger charge is -2.26. The summed E-state index contributed by atoms with van der Waals surface area (Å²) in [6.07, 6.45) is 5.61. The summed E-state index contributed by atoms with van der Waals surface area (Å²) in [5.41, 5.74) is -0.771. The number of aliphatic carboxylic acids is 1. The summed E-state index contributed by atoms with van der Waals surface area (Å²) in [5, 5.41) is 16.4. The highest BCUT2D eigenvalue weighted by molar-refractivity contribution is 5.79. The first-order chi connectivity index (χ1) is 7.63. The van der Waals surface area contributed by atoms with E-state index in [1.807, 2.05) is 12.3 Å². The number of rotatable bonds is 6. The van der Waals surface area contributed by atoms with Crippen LogP contribution >= 0.6 is 0 Å². The standard InChI is InChI=1S/C11H17N3O2/c1-11(10(15)16,9-3-4-9)12-6-8-14-7-2-5-13-14/h2,5,7,9,12H,3-4,6,8H2,1H3,(H,15,16). The summed E-state index contributed by atoms with van der Waals surface area (Å²) in [5.74, 6) is -0.474. The zero-order valence-corrected chi connectivity index (χ0v) is 9.39. The Morgan fingerprint density at radius 2 is 2.44 bits per heavy atom. The van der Waals surface area contributed by atoms with Gasteiger partial charge in [0, 0.05) is 18.9 Å². The number of hydrogen-bond donors (Lipinski definition) is 2. The first kappa shape index (κ1) is 11.1. The Morgan fingerprint density at radius 1 is 1.69 bits per heavy atom. The van der Waals surface area contributed by atoms with Gasteiger partial charge in [-0.3, -0.25) is 9.48 Å². The summed E-state index contributed by atoms with van der Waals surface area (Å²) in [6.45, 7) is 3.10. The fraction of sp³-hybridized carbons (Fsp3) is 0.636. The minimum Gasteiger partial charge on any atom is -0.480 e. The Kier molecular flexibility index (Phi) is 2.96. The van der Waals surface area contributed by atoms with Crippen molar-refractivity contribution in [3.8, 4) is 0 Å². The van der Waals surface area contributed by atoms with Crippen molar-refractivity contribution in [2.45, 2.75) is 31.8 Å². The Bertz CT molecular complexity index is 359. The molecule has 5 heteroatoms. The maximum atomic E-state index is 11.2. The van der Waals surface area contributed by atoms with E-state index in [-0.39, 0.29) is 5.92 Å². The molecule has 1 aliphatic carbocycles. The van der Waals surface area contributed by atoms with Crippen LogP contribution in [0.5, 0.6) is 0 Å². The molecule has 1 atom stereocenters. The highest BCUT2D eigenvalue weighted by Crippen LogP contribution is 2.39. The third-order valence-corrected chi connectivity index (χ3v) is 3.23. The van der Waals surface area contributed by atoms with Crippen molar-refractivity contribution in [2.75, 3.05) is 6.54 Å². The van der Waals surface area contributed by atoms with E-state index in [2.05, 4.69) is 10.4 Å².